The van der Waals surface area contributed by atoms with Gasteiger partial charge in [0.05, 0.1) is 14.8 Å². The van der Waals surface area contributed by atoms with E-state index in [-0.39, 0.29) is 4.90 Å². The molecule has 0 radical (unpaired) electrons. The molecule has 5 heteroatoms. The van der Waals surface area contributed by atoms with E-state index in [9.17, 15) is 8.42 Å². The summed E-state index contributed by atoms with van der Waals surface area (Å²) in [5, 5.41) is 0.324. The van der Waals surface area contributed by atoms with E-state index in [4.69, 9.17) is 11.6 Å². The predicted molar refractivity (Wildman–Crippen MR) is 81.5 cm³/mol. The Hall–Kier alpha value is -0.840. The Bertz CT molecular complexity index is 644. The normalized spacial score (nSPS) is 22.1. The van der Waals surface area contributed by atoms with Gasteiger partial charge in [0.15, 0.2) is 0 Å². The zero-order valence-electron chi connectivity index (χ0n) is 11.3. The van der Waals surface area contributed by atoms with E-state index >= 15 is 0 Å². The van der Waals surface area contributed by atoms with Crippen molar-refractivity contribution in [1.82, 2.24) is 4.90 Å². The van der Waals surface area contributed by atoms with Crippen LogP contribution in [-0.4, -0.2) is 33.0 Å². The third-order valence-corrected chi connectivity index (χ3v) is 6.36. The van der Waals surface area contributed by atoms with Crippen molar-refractivity contribution < 1.29 is 8.42 Å². The first kappa shape index (κ1) is 14.1. The quantitative estimate of drug-likeness (QED) is 0.840. The fraction of sp³-hybridized carbons (Fsp3) is 0.467. The van der Waals surface area contributed by atoms with Crippen molar-refractivity contribution in [2.24, 2.45) is 0 Å². The molecule has 0 amide bonds. The minimum Gasteiger partial charge on any atom is -0.298 e. The zero-order valence-corrected chi connectivity index (χ0v) is 12.9. The zero-order chi connectivity index (χ0) is 14.2. The van der Waals surface area contributed by atoms with Gasteiger partial charge in [0.2, 0.25) is 9.84 Å². The first-order valence-electron chi connectivity index (χ1n) is 7.05. The van der Waals surface area contributed by atoms with Gasteiger partial charge in [0.25, 0.3) is 0 Å². The second-order valence-electron chi connectivity index (χ2n) is 5.46. The molecule has 0 N–H and O–H groups in total. The second kappa shape index (κ2) is 5.51. The van der Waals surface area contributed by atoms with Gasteiger partial charge in [-0.25, -0.2) is 8.42 Å². The second-order valence-corrected chi connectivity index (χ2v) is 7.81. The molecular weight excluding hydrogens is 294 g/mol. The number of halogens is 1. The average molecular weight is 312 g/mol. The first-order chi connectivity index (χ1) is 9.59. The number of sulfone groups is 1. The van der Waals surface area contributed by atoms with Gasteiger partial charge in [-0.15, -0.1) is 0 Å². The summed E-state index contributed by atoms with van der Waals surface area (Å²) in [5.41, 5.74) is 0.724. The van der Waals surface area contributed by atoms with Gasteiger partial charge in [-0.3, -0.25) is 4.90 Å². The molecule has 20 heavy (non-hydrogen) atoms. The summed E-state index contributed by atoms with van der Waals surface area (Å²) in [6.45, 7) is 2.47. The van der Waals surface area contributed by atoms with Crippen LogP contribution in [0.3, 0.4) is 0 Å². The molecule has 2 aliphatic heterocycles. The number of fused-ring (bicyclic) bond motifs is 1. The van der Waals surface area contributed by atoms with Gasteiger partial charge in [-0.05, 0) is 43.6 Å². The molecular formula is C15H18ClNO2S. The van der Waals surface area contributed by atoms with Gasteiger partial charge < -0.3 is 0 Å². The minimum absolute atomic E-state index is 0.284. The van der Waals surface area contributed by atoms with Crippen LogP contribution in [0.15, 0.2) is 28.0 Å². The van der Waals surface area contributed by atoms with Gasteiger partial charge in [-0.1, -0.05) is 36.6 Å². The Morgan fingerprint density at radius 1 is 1.10 bits per heavy atom. The van der Waals surface area contributed by atoms with E-state index in [0.29, 0.717) is 16.5 Å². The molecule has 2 heterocycles. The summed E-state index contributed by atoms with van der Waals surface area (Å²) < 4.78 is 25.2. The van der Waals surface area contributed by atoms with Crippen molar-refractivity contribution >= 4 is 27.5 Å². The van der Waals surface area contributed by atoms with E-state index in [2.05, 4.69) is 4.90 Å². The molecule has 0 bridgehead atoms. The highest BCUT2D eigenvalue weighted by atomic mass is 35.5. The van der Waals surface area contributed by atoms with E-state index in [1.807, 2.05) is 6.07 Å². The molecule has 1 aromatic carbocycles. The highest BCUT2D eigenvalue weighted by Crippen LogP contribution is 2.37. The lowest BCUT2D eigenvalue weighted by molar-refractivity contribution is 0.313. The van der Waals surface area contributed by atoms with Crippen molar-refractivity contribution in [1.29, 1.82) is 0 Å². The Labute approximate surface area is 125 Å². The number of likely N-dealkylation sites (tertiary alicyclic amines) is 1. The van der Waals surface area contributed by atoms with Crippen LogP contribution in [0, 0.1) is 0 Å². The number of rotatable bonds is 2. The Balaban J connectivity index is 1.87. The van der Waals surface area contributed by atoms with Crippen molar-refractivity contribution in [2.75, 3.05) is 19.6 Å². The van der Waals surface area contributed by atoms with Crippen molar-refractivity contribution in [2.45, 2.75) is 30.6 Å². The molecule has 1 saturated heterocycles. The van der Waals surface area contributed by atoms with Crippen LogP contribution in [0.2, 0.25) is 5.02 Å². The number of benzene rings is 1. The van der Waals surface area contributed by atoms with Gasteiger partial charge >= 0.3 is 0 Å². The van der Waals surface area contributed by atoms with Crippen LogP contribution in [0.25, 0.3) is 6.08 Å². The molecule has 0 atom stereocenters. The topological polar surface area (TPSA) is 37.4 Å². The third-order valence-electron chi connectivity index (χ3n) is 4.01. The van der Waals surface area contributed by atoms with Crippen LogP contribution < -0.4 is 0 Å². The molecule has 3 nitrogen and oxygen atoms in total. The van der Waals surface area contributed by atoms with E-state index in [1.165, 1.54) is 12.8 Å². The van der Waals surface area contributed by atoms with Gasteiger partial charge in [-0.2, -0.15) is 0 Å². The van der Waals surface area contributed by atoms with E-state index in [1.54, 1.807) is 18.2 Å². The Morgan fingerprint density at radius 3 is 2.45 bits per heavy atom. The van der Waals surface area contributed by atoms with Crippen LogP contribution in [0.1, 0.15) is 31.2 Å². The maximum atomic E-state index is 12.6. The molecule has 0 aliphatic carbocycles. The Morgan fingerprint density at radius 2 is 1.80 bits per heavy atom. The lowest BCUT2D eigenvalue weighted by Crippen LogP contribution is -2.28. The SMILES string of the molecule is O=S1(=O)C(CN2CCCCCC2)=Cc2cccc(Cl)c21. The van der Waals surface area contributed by atoms with E-state index in [0.717, 1.165) is 31.5 Å². The number of nitrogens with zero attached hydrogens (tertiary/aromatic N) is 1. The molecule has 3 rings (SSSR count). The summed E-state index contributed by atoms with van der Waals surface area (Å²) in [7, 11) is -3.40. The molecule has 0 saturated carbocycles. The number of hydrogen-bond donors (Lipinski definition) is 0. The van der Waals surface area contributed by atoms with Crippen molar-refractivity contribution in [3.05, 3.63) is 33.7 Å². The average Bonchev–Trinajstić information content (AvgIpc) is 2.58. The van der Waals surface area contributed by atoms with Crippen LogP contribution >= 0.6 is 11.6 Å². The van der Waals surface area contributed by atoms with Crippen LogP contribution in [0.4, 0.5) is 0 Å². The highest BCUT2D eigenvalue weighted by Gasteiger charge is 2.32. The summed E-state index contributed by atoms with van der Waals surface area (Å²) in [4.78, 5) is 3.02. The predicted octanol–water partition coefficient (Wildman–Crippen LogP) is 3.34. The third kappa shape index (κ3) is 2.52. The summed E-state index contributed by atoms with van der Waals surface area (Å²) >= 11 is 6.06. The number of hydrogen-bond acceptors (Lipinski definition) is 3. The maximum absolute atomic E-state index is 12.6. The summed E-state index contributed by atoms with van der Waals surface area (Å²) in [6, 6.07) is 5.25. The summed E-state index contributed by atoms with van der Waals surface area (Å²) in [6.07, 6.45) is 6.58. The molecule has 108 valence electrons. The minimum atomic E-state index is -3.40. The van der Waals surface area contributed by atoms with Gasteiger partial charge in [0, 0.05) is 6.54 Å². The van der Waals surface area contributed by atoms with Crippen molar-refractivity contribution in [3.8, 4) is 0 Å². The fourth-order valence-electron chi connectivity index (χ4n) is 2.95. The molecule has 0 spiro atoms. The molecule has 2 aliphatic rings. The first-order valence-corrected chi connectivity index (χ1v) is 8.92. The molecule has 0 aromatic heterocycles. The monoisotopic (exact) mass is 311 g/mol. The van der Waals surface area contributed by atoms with Crippen LogP contribution in [-0.2, 0) is 9.84 Å². The largest absolute Gasteiger partial charge is 0.298 e. The maximum Gasteiger partial charge on any atom is 0.206 e. The lowest BCUT2D eigenvalue weighted by atomic mass is 10.2. The fourth-order valence-corrected chi connectivity index (χ4v) is 5.10. The van der Waals surface area contributed by atoms with Crippen molar-refractivity contribution in [3.63, 3.8) is 0 Å². The highest BCUT2D eigenvalue weighted by molar-refractivity contribution is 7.96. The Kier molecular flexibility index (Phi) is 3.89. The summed E-state index contributed by atoms with van der Waals surface area (Å²) in [5.74, 6) is 0. The smallest absolute Gasteiger partial charge is 0.206 e. The van der Waals surface area contributed by atoms with Crippen LogP contribution in [0.5, 0.6) is 0 Å². The standard InChI is InChI=1S/C15H18ClNO2S/c16-14-7-5-6-12-10-13(20(18,19)15(12)14)11-17-8-3-1-2-4-9-17/h5-7,10H,1-4,8-9,11H2. The lowest BCUT2D eigenvalue weighted by Gasteiger charge is -2.20. The molecule has 1 aromatic rings. The molecule has 1 fully saturated rings. The molecule has 0 unspecified atom stereocenters. The van der Waals surface area contributed by atoms with E-state index < -0.39 is 9.84 Å². The van der Waals surface area contributed by atoms with Gasteiger partial charge in [0.1, 0.15) is 0 Å².